The smallest absolute Gasteiger partial charge is 0.218 e. The van der Waals surface area contributed by atoms with Gasteiger partial charge in [0.2, 0.25) is 5.69 Å². The number of rotatable bonds is 12. The lowest BCUT2D eigenvalue weighted by atomic mass is 9.77. The fraction of sp³-hybridized carbons (Fsp3) is 0.156. The zero-order valence-corrected chi connectivity index (χ0v) is 30.3. The Morgan fingerprint density at radius 1 is 0.667 bits per heavy atom. The van der Waals surface area contributed by atoms with Gasteiger partial charge in [-0.25, -0.2) is 9.67 Å². The average Bonchev–Trinajstić information content (AvgIpc) is 3.88. The van der Waals surface area contributed by atoms with Crippen LogP contribution in [0.5, 0.6) is 0 Å². The molecule has 0 spiro atoms. The van der Waals surface area contributed by atoms with Crippen LogP contribution in [-0.2, 0) is 18.5 Å². The number of benzene rings is 5. The van der Waals surface area contributed by atoms with Crippen LogP contribution in [0, 0.1) is 12.1 Å². The van der Waals surface area contributed by atoms with E-state index in [2.05, 4.69) is 137 Å². The van der Waals surface area contributed by atoms with Crippen molar-refractivity contribution in [1.29, 1.82) is 0 Å². The van der Waals surface area contributed by atoms with Crippen LogP contribution in [0.25, 0.3) is 33.9 Å². The molecule has 0 N–H and O–H groups in total. The molecule has 0 aliphatic carbocycles. The van der Waals surface area contributed by atoms with Crippen LogP contribution in [-0.4, -0.2) is 34.9 Å². The largest absolute Gasteiger partial charge is 0.594 e. The highest BCUT2D eigenvalue weighted by Crippen LogP contribution is 2.43. The second kappa shape index (κ2) is 15.1. The summed E-state index contributed by atoms with van der Waals surface area (Å²) in [6.45, 7) is 4.56. The first-order chi connectivity index (χ1) is 26.6. The van der Waals surface area contributed by atoms with Gasteiger partial charge in [0.1, 0.15) is 17.1 Å². The van der Waals surface area contributed by atoms with Gasteiger partial charge >= 0.3 is 0 Å². The summed E-state index contributed by atoms with van der Waals surface area (Å²) < 4.78 is 4.15. The van der Waals surface area contributed by atoms with Crippen LogP contribution >= 0.6 is 0 Å². The molecule has 5 aromatic carbocycles. The summed E-state index contributed by atoms with van der Waals surface area (Å²) in [5, 5.41) is 30.3. The minimum absolute atomic E-state index is 0.547. The monoisotopic (exact) mass is 708 g/mol. The van der Waals surface area contributed by atoms with Gasteiger partial charge in [0.05, 0.1) is 0 Å². The van der Waals surface area contributed by atoms with E-state index in [9.17, 15) is 5.21 Å². The molecular weight excluding hydrogens is 669 g/mol. The predicted molar refractivity (Wildman–Crippen MR) is 210 cm³/mol. The Morgan fingerprint density at radius 3 is 1.85 bits per heavy atom. The normalized spacial score (nSPS) is 11.5. The standard InChI is InChI=1S/C45H40N8O/c1-3-4-24-43-46-42(41-30-25-33(2)53(54)48-41)32-51(43)31-34-26-28-35(29-27-34)39-22-14-15-23-40(39)44-47-49-50-52(44)45(36-16-8-5-9-17-36,37-18-10-6-11-19-37)38-20-12-7-13-21-38/h5-23,25-30,32H,3-4,24,31H2,1-2H3. The third kappa shape index (κ3) is 6.45. The van der Waals surface area contributed by atoms with E-state index in [-0.39, 0.29) is 0 Å². The number of tetrazole rings is 1. The fourth-order valence-corrected chi connectivity index (χ4v) is 7.26. The summed E-state index contributed by atoms with van der Waals surface area (Å²) in [5.74, 6) is 1.63. The number of nitrogens with zero attached hydrogens (tertiary/aromatic N) is 8. The lowest BCUT2D eigenvalue weighted by molar-refractivity contribution is -0.674. The second-order valence-corrected chi connectivity index (χ2v) is 13.5. The second-order valence-electron chi connectivity index (χ2n) is 13.5. The van der Waals surface area contributed by atoms with Crippen LogP contribution in [0.3, 0.4) is 0 Å². The molecular formula is C45H40N8O. The molecule has 9 heteroatoms. The van der Waals surface area contributed by atoms with Crippen molar-refractivity contribution in [3.8, 4) is 33.9 Å². The molecule has 0 aliphatic heterocycles. The Kier molecular flexibility index (Phi) is 9.60. The van der Waals surface area contributed by atoms with E-state index in [1.165, 1.54) is 0 Å². The zero-order chi connectivity index (χ0) is 36.9. The van der Waals surface area contributed by atoms with Gasteiger partial charge in [-0.05, 0) is 56.3 Å². The summed E-state index contributed by atoms with van der Waals surface area (Å²) in [6, 6.07) is 51.9. The van der Waals surface area contributed by atoms with Crippen molar-refractivity contribution in [2.75, 3.05) is 0 Å². The Morgan fingerprint density at radius 2 is 1.26 bits per heavy atom. The molecule has 3 aromatic heterocycles. The topological polar surface area (TPSA) is 101 Å². The maximum Gasteiger partial charge on any atom is 0.218 e. The van der Waals surface area contributed by atoms with E-state index in [0.29, 0.717) is 34.3 Å². The molecule has 9 nitrogen and oxygen atoms in total. The van der Waals surface area contributed by atoms with E-state index in [1.54, 1.807) is 13.0 Å². The van der Waals surface area contributed by atoms with Crippen molar-refractivity contribution in [3.63, 3.8) is 0 Å². The van der Waals surface area contributed by atoms with Gasteiger partial charge < -0.3 is 9.77 Å². The van der Waals surface area contributed by atoms with Gasteiger partial charge in [0.25, 0.3) is 0 Å². The van der Waals surface area contributed by atoms with Crippen molar-refractivity contribution in [2.24, 2.45) is 0 Å². The van der Waals surface area contributed by atoms with E-state index in [4.69, 9.17) is 15.3 Å². The minimum atomic E-state index is -0.860. The molecule has 54 heavy (non-hydrogen) atoms. The summed E-state index contributed by atoms with van der Waals surface area (Å²) >= 11 is 0. The number of aromatic nitrogens is 8. The van der Waals surface area contributed by atoms with Crippen LogP contribution in [0.1, 0.15) is 53.5 Å². The molecule has 0 amide bonds. The molecule has 3 heterocycles. The number of imidazole rings is 1. The molecule has 0 aliphatic rings. The lowest BCUT2D eigenvalue weighted by Gasteiger charge is -2.36. The first-order valence-corrected chi connectivity index (χ1v) is 18.3. The Labute approximate surface area is 314 Å². The van der Waals surface area contributed by atoms with Crippen molar-refractivity contribution in [2.45, 2.75) is 45.2 Å². The van der Waals surface area contributed by atoms with Gasteiger partial charge in [-0.2, -0.15) is 0 Å². The lowest BCUT2D eigenvalue weighted by Crippen LogP contribution is -2.39. The molecule has 8 aromatic rings. The highest BCUT2D eigenvalue weighted by molar-refractivity contribution is 5.81. The maximum atomic E-state index is 12.2. The molecule has 266 valence electrons. The number of aryl methyl sites for hydroxylation is 2. The highest BCUT2D eigenvalue weighted by atomic mass is 16.5. The van der Waals surface area contributed by atoms with Crippen molar-refractivity contribution in [3.05, 3.63) is 197 Å². The summed E-state index contributed by atoms with van der Waals surface area (Å²) in [6.07, 6.45) is 4.93. The van der Waals surface area contributed by atoms with Gasteiger partial charge in [0.15, 0.2) is 11.5 Å². The molecule has 8 rings (SSSR count). The third-order valence-electron chi connectivity index (χ3n) is 10.0. The third-order valence-corrected chi connectivity index (χ3v) is 10.0. The molecule has 0 unspecified atom stereocenters. The number of unbranched alkanes of at least 4 members (excludes halogenated alkanes) is 1. The fourth-order valence-electron chi connectivity index (χ4n) is 7.26. The summed E-state index contributed by atoms with van der Waals surface area (Å²) in [7, 11) is 0. The molecule has 0 bridgehead atoms. The maximum absolute atomic E-state index is 12.2. The highest BCUT2D eigenvalue weighted by Gasteiger charge is 2.42. The Balaban J connectivity index is 1.19. The first kappa shape index (κ1) is 34.4. The molecule has 0 fully saturated rings. The van der Waals surface area contributed by atoms with Crippen molar-refractivity contribution >= 4 is 0 Å². The van der Waals surface area contributed by atoms with Crippen LogP contribution < -0.4 is 4.85 Å². The van der Waals surface area contributed by atoms with Gasteiger partial charge in [-0.15, -0.1) is 5.10 Å². The Hall–Kier alpha value is -6.74. The van der Waals surface area contributed by atoms with E-state index >= 15 is 0 Å². The summed E-state index contributed by atoms with van der Waals surface area (Å²) in [5.41, 5.74) is 8.22. The zero-order valence-electron chi connectivity index (χ0n) is 30.3. The van der Waals surface area contributed by atoms with Crippen LogP contribution in [0.15, 0.2) is 158 Å². The molecule has 0 saturated carbocycles. The van der Waals surface area contributed by atoms with Crippen LogP contribution in [0.2, 0.25) is 0 Å². The average molecular weight is 709 g/mol. The van der Waals surface area contributed by atoms with Gasteiger partial charge in [0, 0.05) is 42.8 Å². The van der Waals surface area contributed by atoms with Crippen molar-refractivity contribution < 1.29 is 4.85 Å². The quantitative estimate of drug-likeness (QED) is 0.0718. The summed E-state index contributed by atoms with van der Waals surface area (Å²) in [4.78, 5) is 5.56. The molecule has 0 radical (unpaired) electrons. The van der Waals surface area contributed by atoms with Crippen molar-refractivity contribution in [1.82, 2.24) is 34.9 Å². The van der Waals surface area contributed by atoms with E-state index in [0.717, 1.165) is 64.0 Å². The van der Waals surface area contributed by atoms with E-state index < -0.39 is 5.54 Å². The minimum Gasteiger partial charge on any atom is -0.594 e. The number of hydrogen-bond acceptors (Lipinski definition) is 6. The molecule has 0 saturated heterocycles. The molecule has 0 atom stereocenters. The Bertz CT molecular complexity index is 2380. The first-order valence-electron chi connectivity index (χ1n) is 18.3. The number of hydrogen-bond donors (Lipinski definition) is 0. The van der Waals surface area contributed by atoms with E-state index in [1.807, 2.05) is 41.2 Å². The van der Waals surface area contributed by atoms with Gasteiger partial charge in [-0.3, -0.25) is 0 Å². The van der Waals surface area contributed by atoms with Gasteiger partial charge in [-0.1, -0.05) is 158 Å². The predicted octanol–water partition coefficient (Wildman–Crippen LogP) is 8.44. The SMILES string of the molecule is CCCCc1nc(-c2ccc(C)[n+]([O-])n2)cn1Cc1ccc(-c2ccccc2-c2nnnn2C(c2ccccc2)(c2ccccc2)c2ccccc2)cc1. The van der Waals surface area contributed by atoms with Crippen LogP contribution in [0.4, 0.5) is 0 Å².